The standard InChI is InChI=1S/C21H23FN2O5/c1-27-18-8-7-15(13-19(18)28-2)21(26)29-14-20(25)24-11-9-23(10-12-24)17-6-4-3-5-16(17)22/h3-8,13H,9-12,14H2,1-2H3. The van der Waals surface area contributed by atoms with Crippen LogP contribution in [0.2, 0.25) is 0 Å². The van der Waals surface area contributed by atoms with Crippen molar-refractivity contribution in [3.05, 3.63) is 53.8 Å². The number of para-hydroxylation sites is 1. The van der Waals surface area contributed by atoms with Crippen molar-refractivity contribution in [1.82, 2.24) is 4.90 Å². The fourth-order valence-corrected chi connectivity index (χ4v) is 3.17. The van der Waals surface area contributed by atoms with Crippen LogP contribution in [0.5, 0.6) is 11.5 Å². The molecule has 0 radical (unpaired) electrons. The minimum atomic E-state index is -0.621. The number of hydrogen-bond acceptors (Lipinski definition) is 6. The van der Waals surface area contributed by atoms with Crippen LogP contribution < -0.4 is 14.4 Å². The molecule has 2 aromatic carbocycles. The first-order valence-electron chi connectivity index (χ1n) is 9.20. The van der Waals surface area contributed by atoms with E-state index >= 15 is 0 Å². The number of ether oxygens (including phenoxy) is 3. The maximum atomic E-state index is 13.9. The zero-order valence-corrected chi connectivity index (χ0v) is 16.4. The van der Waals surface area contributed by atoms with Gasteiger partial charge < -0.3 is 24.0 Å². The van der Waals surface area contributed by atoms with Crippen molar-refractivity contribution in [2.24, 2.45) is 0 Å². The summed E-state index contributed by atoms with van der Waals surface area (Å²) in [5.41, 5.74) is 0.791. The molecule has 29 heavy (non-hydrogen) atoms. The molecule has 0 spiro atoms. The molecule has 0 aliphatic carbocycles. The van der Waals surface area contributed by atoms with E-state index in [0.29, 0.717) is 43.4 Å². The molecule has 1 amide bonds. The number of piperazine rings is 1. The van der Waals surface area contributed by atoms with Crippen LogP contribution in [0.3, 0.4) is 0 Å². The molecule has 154 valence electrons. The molecule has 1 aliphatic heterocycles. The van der Waals surface area contributed by atoms with Gasteiger partial charge in [-0.3, -0.25) is 4.79 Å². The van der Waals surface area contributed by atoms with E-state index in [-0.39, 0.29) is 23.9 Å². The van der Waals surface area contributed by atoms with Crippen LogP contribution in [-0.4, -0.2) is 63.8 Å². The highest BCUT2D eigenvalue weighted by molar-refractivity contribution is 5.92. The molecule has 0 saturated carbocycles. The maximum absolute atomic E-state index is 13.9. The summed E-state index contributed by atoms with van der Waals surface area (Å²) in [6.07, 6.45) is 0. The summed E-state index contributed by atoms with van der Waals surface area (Å²) in [7, 11) is 2.97. The second-order valence-electron chi connectivity index (χ2n) is 6.47. The summed E-state index contributed by atoms with van der Waals surface area (Å²) >= 11 is 0. The number of amides is 1. The number of carbonyl (C=O) groups is 2. The molecule has 1 saturated heterocycles. The van der Waals surface area contributed by atoms with Gasteiger partial charge in [0.25, 0.3) is 5.91 Å². The average Bonchev–Trinajstić information content (AvgIpc) is 2.77. The van der Waals surface area contributed by atoms with E-state index in [4.69, 9.17) is 14.2 Å². The Hall–Kier alpha value is -3.29. The lowest BCUT2D eigenvalue weighted by Crippen LogP contribution is -2.50. The minimum Gasteiger partial charge on any atom is -0.493 e. The molecule has 3 rings (SSSR count). The third-order valence-electron chi connectivity index (χ3n) is 4.77. The van der Waals surface area contributed by atoms with Crippen molar-refractivity contribution in [2.45, 2.75) is 0 Å². The van der Waals surface area contributed by atoms with Crippen molar-refractivity contribution in [3.63, 3.8) is 0 Å². The van der Waals surface area contributed by atoms with Crippen LogP contribution in [0.1, 0.15) is 10.4 Å². The summed E-state index contributed by atoms with van der Waals surface area (Å²) in [6, 6.07) is 11.2. The molecule has 0 atom stereocenters. The fraction of sp³-hybridized carbons (Fsp3) is 0.333. The van der Waals surface area contributed by atoms with Crippen LogP contribution in [0.25, 0.3) is 0 Å². The van der Waals surface area contributed by atoms with Crippen molar-refractivity contribution >= 4 is 17.6 Å². The van der Waals surface area contributed by atoms with E-state index < -0.39 is 5.97 Å². The molecule has 0 unspecified atom stereocenters. The SMILES string of the molecule is COc1ccc(C(=O)OCC(=O)N2CCN(c3ccccc3F)CC2)cc1OC. The first kappa shape index (κ1) is 20.4. The molecular formula is C21H23FN2O5. The molecule has 8 heteroatoms. The van der Waals surface area contributed by atoms with E-state index in [1.807, 2.05) is 4.90 Å². The van der Waals surface area contributed by atoms with Gasteiger partial charge in [0.15, 0.2) is 18.1 Å². The molecule has 7 nitrogen and oxygen atoms in total. The van der Waals surface area contributed by atoms with Gasteiger partial charge in [0, 0.05) is 26.2 Å². The molecule has 1 fully saturated rings. The Morgan fingerprint density at radius 2 is 1.66 bits per heavy atom. The molecular weight excluding hydrogens is 379 g/mol. The van der Waals surface area contributed by atoms with Gasteiger partial charge in [0.2, 0.25) is 0 Å². The van der Waals surface area contributed by atoms with Gasteiger partial charge in [-0.15, -0.1) is 0 Å². The zero-order valence-electron chi connectivity index (χ0n) is 16.4. The van der Waals surface area contributed by atoms with Gasteiger partial charge in [-0.05, 0) is 30.3 Å². The van der Waals surface area contributed by atoms with Crippen LogP contribution in [0.15, 0.2) is 42.5 Å². The summed E-state index contributed by atoms with van der Waals surface area (Å²) in [4.78, 5) is 28.1. The van der Waals surface area contributed by atoms with Gasteiger partial charge in [0.05, 0.1) is 25.5 Å². The highest BCUT2D eigenvalue weighted by Crippen LogP contribution is 2.27. The average molecular weight is 402 g/mol. The number of hydrogen-bond donors (Lipinski definition) is 0. The second kappa shape index (κ2) is 9.27. The lowest BCUT2D eigenvalue weighted by molar-refractivity contribution is -0.134. The predicted octanol–water partition coefficient (Wildman–Crippen LogP) is 2.35. The van der Waals surface area contributed by atoms with E-state index in [1.165, 1.54) is 26.4 Å². The quantitative estimate of drug-likeness (QED) is 0.691. The number of carbonyl (C=O) groups excluding carboxylic acids is 2. The Bertz CT molecular complexity index is 881. The largest absolute Gasteiger partial charge is 0.493 e. The first-order chi connectivity index (χ1) is 14.0. The van der Waals surface area contributed by atoms with E-state index in [1.54, 1.807) is 35.2 Å². The van der Waals surface area contributed by atoms with Crippen LogP contribution in [0.4, 0.5) is 10.1 Å². The van der Waals surface area contributed by atoms with Crippen LogP contribution in [-0.2, 0) is 9.53 Å². The Balaban J connectivity index is 1.51. The molecule has 1 heterocycles. The van der Waals surface area contributed by atoms with Crippen molar-refractivity contribution < 1.29 is 28.2 Å². The number of nitrogens with zero attached hydrogens (tertiary/aromatic N) is 2. The third-order valence-corrected chi connectivity index (χ3v) is 4.77. The van der Waals surface area contributed by atoms with Gasteiger partial charge >= 0.3 is 5.97 Å². The van der Waals surface area contributed by atoms with E-state index in [0.717, 1.165) is 0 Å². The maximum Gasteiger partial charge on any atom is 0.338 e. The summed E-state index contributed by atoms with van der Waals surface area (Å²) < 4.78 is 29.3. The summed E-state index contributed by atoms with van der Waals surface area (Å²) in [5, 5.41) is 0. The Morgan fingerprint density at radius 3 is 2.31 bits per heavy atom. The number of rotatable bonds is 6. The fourth-order valence-electron chi connectivity index (χ4n) is 3.17. The Labute approximate surface area is 168 Å². The number of halogens is 1. The van der Waals surface area contributed by atoms with Crippen LogP contribution >= 0.6 is 0 Å². The van der Waals surface area contributed by atoms with Crippen molar-refractivity contribution in [2.75, 3.05) is 51.9 Å². The Morgan fingerprint density at radius 1 is 0.966 bits per heavy atom. The topological polar surface area (TPSA) is 68.3 Å². The second-order valence-corrected chi connectivity index (χ2v) is 6.47. The molecule has 0 aromatic heterocycles. The summed E-state index contributed by atoms with van der Waals surface area (Å²) in [6.45, 7) is 1.53. The van der Waals surface area contributed by atoms with E-state index in [9.17, 15) is 14.0 Å². The molecule has 0 N–H and O–H groups in total. The van der Waals surface area contributed by atoms with Crippen molar-refractivity contribution in [3.8, 4) is 11.5 Å². The first-order valence-corrected chi connectivity index (χ1v) is 9.20. The van der Waals surface area contributed by atoms with Crippen LogP contribution in [0, 0.1) is 5.82 Å². The van der Waals surface area contributed by atoms with Gasteiger partial charge in [0.1, 0.15) is 5.82 Å². The molecule has 1 aliphatic rings. The summed E-state index contributed by atoms with van der Waals surface area (Å²) in [5.74, 6) is -0.294. The monoisotopic (exact) mass is 402 g/mol. The predicted molar refractivity (Wildman–Crippen MR) is 105 cm³/mol. The lowest BCUT2D eigenvalue weighted by atomic mass is 10.2. The smallest absolute Gasteiger partial charge is 0.338 e. The van der Waals surface area contributed by atoms with Crippen molar-refractivity contribution in [1.29, 1.82) is 0 Å². The highest BCUT2D eigenvalue weighted by atomic mass is 19.1. The molecule has 2 aromatic rings. The van der Waals surface area contributed by atoms with E-state index in [2.05, 4.69) is 0 Å². The zero-order chi connectivity index (χ0) is 20.8. The van der Waals surface area contributed by atoms with Gasteiger partial charge in [-0.25, -0.2) is 9.18 Å². The number of benzene rings is 2. The lowest BCUT2D eigenvalue weighted by Gasteiger charge is -2.36. The van der Waals surface area contributed by atoms with Gasteiger partial charge in [-0.1, -0.05) is 12.1 Å². The third kappa shape index (κ3) is 4.77. The minimum absolute atomic E-state index is 0.264. The number of esters is 1. The molecule has 0 bridgehead atoms. The highest BCUT2D eigenvalue weighted by Gasteiger charge is 2.23. The number of methoxy groups -OCH3 is 2. The Kier molecular flexibility index (Phi) is 6.54. The normalized spacial score (nSPS) is 13.8. The van der Waals surface area contributed by atoms with Gasteiger partial charge in [-0.2, -0.15) is 0 Å². The number of anilines is 1.